The molecule has 2 atom stereocenters. The van der Waals surface area contributed by atoms with Gasteiger partial charge in [0.25, 0.3) is 0 Å². The van der Waals surface area contributed by atoms with Crippen molar-refractivity contribution in [3.05, 3.63) is 24.3 Å². The van der Waals surface area contributed by atoms with Crippen molar-refractivity contribution >= 4 is 11.6 Å². The number of anilines is 1. The van der Waals surface area contributed by atoms with Crippen LogP contribution in [0.5, 0.6) is 5.75 Å². The zero-order valence-electron chi connectivity index (χ0n) is 10.6. The van der Waals surface area contributed by atoms with Gasteiger partial charge in [0, 0.05) is 11.7 Å². The molecule has 110 valence electrons. The molecule has 0 spiro atoms. The predicted molar refractivity (Wildman–Crippen MR) is 67.1 cm³/mol. The molecule has 2 rings (SSSR count). The van der Waals surface area contributed by atoms with Crippen LogP contribution in [0.3, 0.4) is 0 Å². The third kappa shape index (κ3) is 3.86. The van der Waals surface area contributed by atoms with Crippen molar-refractivity contribution in [2.45, 2.75) is 31.7 Å². The van der Waals surface area contributed by atoms with E-state index in [9.17, 15) is 18.0 Å². The van der Waals surface area contributed by atoms with Gasteiger partial charge in [0.05, 0.1) is 5.92 Å². The van der Waals surface area contributed by atoms with Crippen LogP contribution in [0.15, 0.2) is 24.3 Å². The number of alkyl halides is 3. The number of carbonyl (C=O) groups excluding carboxylic acids is 1. The monoisotopic (exact) mass is 288 g/mol. The predicted octanol–water partition coefficient (Wildman–Crippen LogP) is 2.65. The topological polar surface area (TPSA) is 64.4 Å². The van der Waals surface area contributed by atoms with Crippen molar-refractivity contribution in [2.75, 3.05) is 5.32 Å². The van der Waals surface area contributed by atoms with Crippen molar-refractivity contribution in [1.82, 2.24) is 0 Å². The smallest absolute Gasteiger partial charge is 0.406 e. The van der Waals surface area contributed by atoms with Crippen LogP contribution < -0.4 is 15.8 Å². The summed E-state index contributed by atoms with van der Waals surface area (Å²) < 4.78 is 39.7. The number of benzene rings is 1. The lowest BCUT2D eigenvalue weighted by Gasteiger charge is -2.15. The number of halogens is 3. The number of ether oxygens (including phenoxy) is 1. The average molecular weight is 288 g/mol. The van der Waals surface area contributed by atoms with Crippen molar-refractivity contribution in [3.8, 4) is 5.75 Å². The summed E-state index contributed by atoms with van der Waals surface area (Å²) >= 11 is 0. The second-order valence-electron chi connectivity index (χ2n) is 4.76. The number of hydrogen-bond acceptors (Lipinski definition) is 3. The van der Waals surface area contributed by atoms with Gasteiger partial charge in [-0.15, -0.1) is 13.2 Å². The van der Waals surface area contributed by atoms with E-state index in [0.717, 1.165) is 31.4 Å². The average Bonchev–Trinajstić information content (AvgIpc) is 2.76. The minimum Gasteiger partial charge on any atom is -0.406 e. The molecule has 0 aromatic heterocycles. The molecule has 0 radical (unpaired) electrons. The Balaban J connectivity index is 1.95. The molecule has 7 heteroatoms. The number of amides is 1. The maximum atomic E-state index is 12.0. The normalized spacial score (nSPS) is 22.6. The molecular formula is C13H15F3N2O2. The van der Waals surface area contributed by atoms with E-state index in [2.05, 4.69) is 10.1 Å². The van der Waals surface area contributed by atoms with Gasteiger partial charge in [-0.2, -0.15) is 0 Å². The first kappa shape index (κ1) is 14.6. The Morgan fingerprint density at radius 3 is 2.40 bits per heavy atom. The van der Waals surface area contributed by atoms with E-state index >= 15 is 0 Å². The first-order valence-corrected chi connectivity index (χ1v) is 6.27. The fourth-order valence-electron chi connectivity index (χ4n) is 2.29. The fraction of sp³-hybridized carbons (Fsp3) is 0.462. The summed E-state index contributed by atoms with van der Waals surface area (Å²) in [6.45, 7) is 0. The van der Waals surface area contributed by atoms with E-state index in [4.69, 9.17) is 5.73 Å². The quantitative estimate of drug-likeness (QED) is 0.898. The molecule has 1 amide bonds. The molecule has 1 aliphatic rings. The molecule has 1 saturated carbocycles. The van der Waals surface area contributed by atoms with Gasteiger partial charge in [-0.25, -0.2) is 0 Å². The molecule has 2 unspecified atom stereocenters. The highest BCUT2D eigenvalue weighted by Gasteiger charge is 2.31. The lowest BCUT2D eigenvalue weighted by atomic mass is 10.0. The summed E-state index contributed by atoms with van der Waals surface area (Å²) in [5.41, 5.74) is 6.24. The minimum atomic E-state index is -4.72. The first-order valence-electron chi connectivity index (χ1n) is 6.27. The van der Waals surface area contributed by atoms with Gasteiger partial charge in [-0.1, -0.05) is 6.42 Å². The number of nitrogens with two attached hydrogens (primary N) is 1. The molecule has 1 aromatic carbocycles. The molecule has 0 saturated heterocycles. The fourth-order valence-corrected chi connectivity index (χ4v) is 2.29. The van der Waals surface area contributed by atoms with Crippen LogP contribution in [0.1, 0.15) is 19.3 Å². The van der Waals surface area contributed by atoms with Gasteiger partial charge in [0.15, 0.2) is 0 Å². The largest absolute Gasteiger partial charge is 0.573 e. The molecule has 20 heavy (non-hydrogen) atoms. The summed E-state index contributed by atoms with van der Waals surface area (Å²) in [7, 11) is 0. The van der Waals surface area contributed by atoms with Crippen LogP contribution in [0.25, 0.3) is 0 Å². The van der Waals surface area contributed by atoms with Crippen LogP contribution in [0, 0.1) is 5.92 Å². The van der Waals surface area contributed by atoms with E-state index in [0.29, 0.717) is 5.69 Å². The second-order valence-corrected chi connectivity index (χ2v) is 4.76. The highest BCUT2D eigenvalue weighted by molar-refractivity contribution is 5.93. The van der Waals surface area contributed by atoms with Crippen LogP contribution >= 0.6 is 0 Å². The maximum absolute atomic E-state index is 12.0. The first-order chi connectivity index (χ1) is 9.35. The summed E-state index contributed by atoms with van der Waals surface area (Å²) in [6.07, 6.45) is -2.25. The second kappa shape index (κ2) is 5.70. The maximum Gasteiger partial charge on any atom is 0.573 e. The van der Waals surface area contributed by atoms with Crippen molar-refractivity contribution in [3.63, 3.8) is 0 Å². The lowest BCUT2D eigenvalue weighted by Crippen LogP contribution is -2.34. The van der Waals surface area contributed by atoms with Crippen molar-refractivity contribution < 1.29 is 22.7 Å². The third-order valence-corrected chi connectivity index (χ3v) is 3.26. The molecular weight excluding hydrogens is 273 g/mol. The Hall–Kier alpha value is -1.76. The molecule has 3 N–H and O–H groups in total. The van der Waals surface area contributed by atoms with E-state index in [1.54, 1.807) is 0 Å². The number of hydrogen-bond donors (Lipinski definition) is 2. The minimum absolute atomic E-state index is 0.150. The Morgan fingerprint density at radius 1 is 1.25 bits per heavy atom. The Kier molecular flexibility index (Phi) is 4.17. The number of rotatable bonds is 3. The van der Waals surface area contributed by atoms with E-state index < -0.39 is 6.36 Å². The molecule has 4 nitrogen and oxygen atoms in total. The lowest BCUT2D eigenvalue weighted by molar-refractivity contribution is -0.274. The van der Waals surface area contributed by atoms with E-state index in [-0.39, 0.29) is 23.6 Å². The molecule has 1 aromatic rings. The standard InChI is InChI=1S/C13H15F3N2O2/c14-13(15,16)20-9-6-4-8(5-7-9)18-12(19)10-2-1-3-11(10)17/h4-7,10-11H,1-3,17H2,(H,18,19). The van der Waals surface area contributed by atoms with E-state index in [1.807, 2.05) is 0 Å². The zero-order chi connectivity index (χ0) is 14.8. The zero-order valence-corrected chi connectivity index (χ0v) is 10.6. The Morgan fingerprint density at radius 2 is 1.90 bits per heavy atom. The molecule has 0 bridgehead atoms. The summed E-state index contributed by atoms with van der Waals surface area (Å²) in [5, 5.41) is 2.65. The van der Waals surface area contributed by atoms with Crippen LogP contribution in [0.2, 0.25) is 0 Å². The highest BCUT2D eigenvalue weighted by atomic mass is 19.4. The van der Waals surface area contributed by atoms with Crippen molar-refractivity contribution in [2.24, 2.45) is 11.7 Å². The summed E-state index contributed by atoms with van der Waals surface area (Å²) in [5.74, 6) is -0.756. The SMILES string of the molecule is NC1CCCC1C(=O)Nc1ccc(OC(F)(F)F)cc1. The molecule has 0 aliphatic heterocycles. The summed E-state index contributed by atoms with van der Waals surface area (Å²) in [4.78, 5) is 11.9. The van der Waals surface area contributed by atoms with Crippen LogP contribution in [-0.2, 0) is 4.79 Å². The van der Waals surface area contributed by atoms with Gasteiger partial charge in [0.1, 0.15) is 5.75 Å². The van der Waals surface area contributed by atoms with Crippen molar-refractivity contribution in [1.29, 1.82) is 0 Å². The van der Waals surface area contributed by atoms with Gasteiger partial charge < -0.3 is 15.8 Å². The third-order valence-electron chi connectivity index (χ3n) is 3.26. The van der Waals surface area contributed by atoms with Crippen LogP contribution in [-0.4, -0.2) is 18.3 Å². The Bertz CT molecular complexity index is 473. The van der Waals surface area contributed by atoms with Gasteiger partial charge in [0.2, 0.25) is 5.91 Å². The highest BCUT2D eigenvalue weighted by Crippen LogP contribution is 2.27. The van der Waals surface area contributed by atoms with Gasteiger partial charge >= 0.3 is 6.36 Å². The molecule has 1 fully saturated rings. The summed E-state index contributed by atoms with van der Waals surface area (Å²) in [6, 6.07) is 4.87. The van der Waals surface area contributed by atoms with Crippen LogP contribution in [0.4, 0.5) is 18.9 Å². The number of carbonyl (C=O) groups is 1. The van der Waals surface area contributed by atoms with Gasteiger partial charge in [-0.05, 0) is 37.1 Å². The molecule has 1 aliphatic carbocycles. The van der Waals surface area contributed by atoms with E-state index in [1.165, 1.54) is 12.1 Å². The van der Waals surface area contributed by atoms with Gasteiger partial charge in [-0.3, -0.25) is 4.79 Å². The molecule has 0 heterocycles. The Labute approximate surface area is 114 Å². The number of nitrogens with one attached hydrogen (secondary N) is 1.